The highest BCUT2D eigenvalue weighted by atomic mass is 31.2. The monoisotopic (exact) mass is 236 g/mol. The fourth-order valence-electron chi connectivity index (χ4n) is 0.848. The van der Waals surface area contributed by atoms with E-state index in [0.717, 1.165) is 6.92 Å². The molecule has 0 heterocycles. The van der Waals surface area contributed by atoms with Crippen molar-refractivity contribution in [3.63, 3.8) is 0 Å². The van der Waals surface area contributed by atoms with Crippen molar-refractivity contribution in [3.05, 3.63) is 0 Å². The first kappa shape index (κ1) is 13.9. The van der Waals surface area contributed by atoms with Crippen molar-refractivity contribution in [2.24, 2.45) is 0 Å². The molecule has 2 unspecified atom stereocenters. The molecule has 86 valence electrons. The molecule has 0 fully saturated rings. The van der Waals surface area contributed by atoms with E-state index in [2.05, 4.69) is 4.52 Å². The maximum absolute atomic E-state index is 12.9. The van der Waals surface area contributed by atoms with Crippen molar-refractivity contribution in [2.75, 3.05) is 0 Å². The summed E-state index contributed by atoms with van der Waals surface area (Å²) in [4.78, 5) is 16.8. The van der Waals surface area contributed by atoms with Crippen molar-refractivity contribution in [1.82, 2.24) is 0 Å². The minimum absolute atomic E-state index is 0.274. The molecule has 0 saturated heterocycles. The highest BCUT2D eigenvalue weighted by Crippen LogP contribution is 2.45. The van der Waals surface area contributed by atoms with E-state index in [0.29, 0.717) is 0 Å². The van der Waals surface area contributed by atoms with Gasteiger partial charge in [-0.1, -0.05) is 6.92 Å². The van der Waals surface area contributed by atoms with Crippen LogP contribution in [0.3, 0.4) is 0 Å². The quantitative estimate of drug-likeness (QED) is 0.715. The van der Waals surface area contributed by atoms with E-state index in [1.165, 1.54) is 6.92 Å². The van der Waals surface area contributed by atoms with Gasteiger partial charge in [0.25, 0.3) is 6.43 Å². The van der Waals surface area contributed by atoms with Gasteiger partial charge in [-0.05, 0) is 13.3 Å². The molecule has 0 saturated carbocycles. The second-order valence-electron chi connectivity index (χ2n) is 2.98. The molecule has 0 aromatic carbocycles. The Balaban J connectivity index is 4.72. The molecular weight excluding hydrogens is 224 g/mol. The molecule has 2 atom stereocenters. The zero-order chi connectivity index (χ0) is 11.6. The minimum atomic E-state index is -4.97. The van der Waals surface area contributed by atoms with Gasteiger partial charge in [-0.15, -0.1) is 0 Å². The third-order valence-electron chi connectivity index (χ3n) is 1.83. The van der Waals surface area contributed by atoms with E-state index >= 15 is 0 Å². The van der Waals surface area contributed by atoms with Crippen LogP contribution in [-0.4, -0.2) is 28.0 Å². The number of halogens is 3. The van der Waals surface area contributed by atoms with Crippen LogP contribution in [0.5, 0.6) is 0 Å². The zero-order valence-corrected chi connectivity index (χ0v) is 8.55. The summed E-state index contributed by atoms with van der Waals surface area (Å²) in [5, 5.41) is 0. The molecule has 8 heteroatoms. The molecule has 0 aliphatic carbocycles. The molecule has 0 rings (SSSR count). The highest BCUT2D eigenvalue weighted by Gasteiger charge is 2.44. The lowest BCUT2D eigenvalue weighted by Crippen LogP contribution is -2.42. The molecular formula is C6H12F3O4P. The van der Waals surface area contributed by atoms with Gasteiger partial charge in [-0.2, -0.15) is 0 Å². The Morgan fingerprint density at radius 1 is 1.43 bits per heavy atom. The Morgan fingerprint density at radius 2 is 1.86 bits per heavy atom. The molecule has 14 heavy (non-hydrogen) atoms. The highest BCUT2D eigenvalue weighted by molar-refractivity contribution is 7.46. The first-order valence-corrected chi connectivity index (χ1v) is 5.34. The Hall–Kier alpha value is -0.100. The molecule has 0 amide bonds. The van der Waals surface area contributed by atoms with Crippen molar-refractivity contribution in [2.45, 2.75) is 38.5 Å². The van der Waals surface area contributed by atoms with Crippen LogP contribution in [0.2, 0.25) is 0 Å². The normalized spacial score (nSPS) is 19.4. The number of hydrogen-bond acceptors (Lipinski definition) is 2. The van der Waals surface area contributed by atoms with E-state index in [1.54, 1.807) is 0 Å². The third-order valence-corrected chi connectivity index (χ3v) is 2.49. The van der Waals surface area contributed by atoms with Crippen LogP contribution < -0.4 is 0 Å². The number of hydrogen-bond donors (Lipinski definition) is 2. The first-order valence-electron chi connectivity index (χ1n) is 3.81. The van der Waals surface area contributed by atoms with Gasteiger partial charge in [0.2, 0.25) is 0 Å². The summed E-state index contributed by atoms with van der Waals surface area (Å²) >= 11 is 0. The summed E-state index contributed by atoms with van der Waals surface area (Å²) in [7, 11) is -4.97. The molecule has 0 aromatic heterocycles. The summed E-state index contributed by atoms with van der Waals surface area (Å²) in [6, 6.07) is 0. The lowest BCUT2D eigenvalue weighted by atomic mass is 9.98. The number of rotatable bonds is 5. The van der Waals surface area contributed by atoms with Crippen molar-refractivity contribution in [1.29, 1.82) is 0 Å². The van der Waals surface area contributed by atoms with Gasteiger partial charge in [0, 0.05) is 0 Å². The minimum Gasteiger partial charge on any atom is -0.303 e. The summed E-state index contributed by atoms with van der Waals surface area (Å²) < 4.78 is 51.2. The Morgan fingerprint density at radius 3 is 2.07 bits per heavy atom. The topological polar surface area (TPSA) is 66.8 Å². The molecule has 0 spiro atoms. The summed E-state index contributed by atoms with van der Waals surface area (Å²) in [5.41, 5.74) is -2.17. The van der Waals surface area contributed by atoms with Crippen molar-refractivity contribution < 1.29 is 32.0 Å². The maximum atomic E-state index is 12.9. The smallest absolute Gasteiger partial charge is 0.303 e. The standard InChI is InChI=1S/C6H12F3O4P/c1-3-6(2,4(7)5(8)9)13-14(10,11)12/h4-5H,3H2,1-2H3,(H2,10,11,12). The van der Waals surface area contributed by atoms with Crippen LogP contribution in [0, 0.1) is 0 Å². The number of phosphoric acid groups is 1. The predicted octanol–water partition coefficient (Wildman–Crippen LogP) is 1.87. The van der Waals surface area contributed by atoms with Crippen molar-refractivity contribution >= 4 is 7.82 Å². The van der Waals surface area contributed by atoms with Gasteiger partial charge in [-0.25, -0.2) is 17.7 Å². The van der Waals surface area contributed by atoms with E-state index in [-0.39, 0.29) is 6.42 Å². The first-order chi connectivity index (χ1) is 6.12. The Kier molecular flexibility index (Phi) is 4.58. The van der Waals surface area contributed by atoms with E-state index in [9.17, 15) is 17.7 Å². The molecule has 0 radical (unpaired) electrons. The average molecular weight is 236 g/mol. The van der Waals surface area contributed by atoms with Crippen LogP contribution in [-0.2, 0) is 9.09 Å². The summed E-state index contributed by atoms with van der Waals surface area (Å²) in [6.07, 6.45) is -6.35. The fourth-order valence-corrected chi connectivity index (χ4v) is 1.62. The molecule has 0 aliphatic rings. The van der Waals surface area contributed by atoms with E-state index in [4.69, 9.17) is 9.79 Å². The molecule has 0 aromatic rings. The van der Waals surface area contributed by atoms with Crippen LogP contribution in [0.4, 0.5) is 13.2 Å². The van der Waals surface area contributed by atoms with Gasteiger partial charge in [0.15, 0.2) is 6.17 Å². The fraction of sp³-hybridized carbons (Fsp3) is 1.00. The lowest BCUT2D eigenvalue weighted by molar-refractivity contribution is -0.0849. The third kappa shape index (κ3) is 3.96. The summed E-state index contributed by atoms with van der Waals surface area (Å²) in [6.45, 7) is 2.19. The molecule has 0 aliphatic heterocycles. The Labute approximate surface area is 79.3 Å². The largest absolute Gasteiger partial charge is 0.470 e. The number of phosphoric ester groups is 1. The van der Waals surface area contributed by atoms with Crippen LogP contribution >= 0.6 is 7.82 Å². The number of alkyl halides is 3. The predicted molar refractivity (Wildman–Crippen MR) is 42.7 cm³/mol. The SMILES string of the molecule is CCC(C)(OP(=O)(O)O)C(F)C(F)F. The molecule has 2 N–H and O–H groups in total. The van der Waals surface area contributed by atoms with Crippen LogP contribution in [0.25, 0.3) is 0 Å². The lowest BCUT2D eigenvalue weighted by Gasteiger charge is -2.31. The van der Waals surface area contributed by atoms with Gasteiger partial charge < -0.3 is 9.79 Å². The summed E-state index contributed by atoms with van der Waals surface area (Å²) in [5.74, 6) is 0. The van der Waals surface area contributed by atoms with Crippen LogP contribution in [0.1, 0.15) is 20.3 Å². The Bertz CT molecular complexity index is 231. The average Bonchev–Trinajstić information content (AvgIpc) is 1.99. The maximum Gasteiger partial charge on any atom is 0.470 e. The van der Waals surface area contributed by atoms with Gasteiger partial charge >= 0.3 is 7.82 Å². The second kappa shape index (κ2) is 4.61. The van der Waals surface area contributed by atoms with Crippen molar-refractivity contribution in [3.8, 4) is 0 Å². The molecule has 4 nitrogen and oxygen atoms in total. The van der Waals surface area contributed by atoms with Gasteiger partial charge in [0.05, 0.1) is 0 Å². The second-order valence-corrected chi connectivity index (χ2v) is 4.15. The van der Waals surface area contributed by atoms with Gasteiger partial charge in [0.1, 0.15) is 5.60 Å². The van der Waals surface area contributed by atoms with Gasteiger partial charge in [-0.3, -0.25) is 4.52 Å². The molecule has 0 bridgehead atoms. The van der Waals surface area contributed by atoms with E-state index in [1.807, 2.05) is 0 Å². The zero-order valence-electron chi connectivity index (χ0n) is 7.65. The van der Waals surface area contributed by atoms with Crippen LogP contribution in [0.15, 0.2) is 0 Å². The van der Waals surface area contributed by atoms with E-state index < -0.39 is 26.0 Å².